The Hall–Kier alpha value is -3.16. The number of aryl methyl sites for hydroxylation is 1. The Morgan fingerprint density at radius 3 is 2.32 bits per heavy atom. The van der Waals surface area contributed by atoms with Gasteiger partial charge in [0.05, 0.1) is 17.6 Å². The summed E-state index contributed by atoms with van der Waals surface area (Å²) in [5.41, 5.74) is 3.25. The molecule has 6 nitrogen and oxygen atoms in total. The quantitative estimate of drug-likeness (QED) is 0.488. The van der Waals surface area contributed by atoms with Crippen LogP contribution in [0.1, 0.15) is 47.1 Å². The highest BCUT2D eigenvalue weighted by atomic mass is 35.5. The van der Waals surface area contributed by atoms with Crippen molar-refractivity contribution in [2.24, 2.45) is 0 Å². The second kappa shape index (κ2) is 9.32. The molecule has 0 aliphatic carbocycles. The van der Waals surface area contributed by atoms with Crippen LogP contribution in [-0.4, -0.2) is 24.9 Å². The van der Waals surface area contributed by atoms with Crippen LogP contribution in [0.3, 0.4) is 0 Å². The van der Waals surface area contributed by atoms with E-state index in [1.54, 1.807) is 50.2 Å². The van der Waals surface area contributed by atoms with Crippen molar-refractivity contribution in [1.82, 2.24) is 0 Å². The second-order valence-electron chi connectivity index (χ2n) is 6.94. The molecule has 0 radical (unpaired) electrons. The maximum absolute atomic E-state index is 13.0. The predicted octanol–water partition coefficient (Wildman–Crippen LogP) is 5.62. The van der Waals surface area contributed by atoms with Gasteiger partial charge in [0.25, 0.3) is 11.8 Å². The zero-order valence-corrected chi connectivity index (χ0v) is 19.0. The molecule has 31 heavy (non-hydrogen) atoms. The molecular weight excluding hydrogens is 436 g/mol. The van der Waals surface area contributed by atoms with Crippen molar-refractivity contribution in [3.05, 3.63) is 80.2 Å². The van der Waals surface area contributed by atoms with Crippen LogP contribution in [0, 0.1) is 20.8 Å². The van der Waals surface area contributed by atoms with Gasteiger partial charge in [-0.1, -0.05) is 35.4 Å². The highest BCUT2D eigenvalue weighted by Crippen LogP contribution is 2.35. The van der Waals surface area contributed by atoms with Gasteiger partial charge >= 0.3 is 5.97 Å². The maximum Gasteiger partial charge on any atom is 0.341 e. The first-order valence-electron chi connectivity index (χ1n) is 9.39. The van der Waals surface area contributed by atoms with Crippen LogP contribution >= 0.6 is 22.9 Å². The first-order chi connectivity index (χ1) is 14.7. The number of hydrogen-bond donors (Lipinski definition) is 2. The van der Waals surface area contributed by atoms with Crippen molar-refractivity contribution < 1.29 is 19.1 Å². The molecule has 0 aliphatic heterocycles. The van der Waals surface area contributed by atoms with Crippen molar-refractivity contribution in [3.8, 4) is 0 Å². The summed E-state index contributed by atoms with van der Waals surface area (Å²) in [6.45, 7) is 5.32. The summed E-state index contributed by atoms with van der Waals surface area (Å²) in [7, 11) is 1.25. The van der Waals surface area contributed by atoms with Gasteiger partial charge in [-0.15, -0.1) is 11.3 Å². The minimum atomic E-state index is -0.633. The summed E-state index contributed by atoms with van der Waals surface area (Å²) in [5, 5.41) is 6.35. The molecule has 0 saturated heterocycles. The highest BCUT2D eigenvalue weighted by Gasteiger charge is 2.27. The lowest BCUT2D eigenvalue weighted by Gasteiger charge is -2.09. The maximum atomic E-state index is 13.0. The number of rotatable bonds is 5. The number of ether oxygens (including phenoxy) is 1. The zero-order valence-electron chi connectivity index (χ0n) is 17.5. The summed E-state index contributed by atoms with van der Waals surface area (Å²) in [5.74, 6) is -1.42. The summed E-state index contributed by atoms with van der Waals surface area (Å²) in [4.78, 5) is 38.4. The molecular formula is C23H21ClN2O4S. The zero-order chi connectivity index (χ0) is 22.7. The van der Waals surface area contributed by atoms with Gasteiger partial charge in [-0.05, 0) is 56.2 Å². The number of carbonyl (C=O) groups excluding carboxylic acids is 3. The number of hydrogen-bond acceptors (Lipinski definition) is 5. The lowest BCUT2D eigenvalue weighted by Crippen LogP contribution is -2.14. The minimum absolute atomic E-state index is 0.154. The van der Waals surface area contributed by atoms with Crippen LogP contribution in [0.15, 0.2) is 42.5 Å². The average Bonchev–Trinajstić information content (AvgIpc) is 3.06. The van der Waals surface area contributed by atoms with Crippen molar-refractivity contribution in [2.75, 3.05) is 17.7 Å². The van der Waals surface area contributed by atoms with E-state index >= 15 is 0 Å². The van der Waals surface area contributed by atoms with E-state index in [2.05, 4.69) is 10.6 Å². The van der Waals surface area contributed by atoms with E-state index in [9.17, 15) is 14.4 Å². The number of methoxy groups -OCH3 is 1. The monoisotopic (exact) mass is 456 g/mol. The van der Waals surface area contributed by atoms with E-state index in [0.29, 0.717) is 26.7 Å². The fourth-order valence-corrected chi connectivity index (χ4v) is 4.31. The Morgan fingerprint density at radius 1 is 0.935 bits per heavy atom. The Bertz CT molecular complexity index is 1190. The third-order valence-corrected chi connectivity index (χ3v) is 6.38. The Morgan fingerprint density at radius 2 is 1.65 bits per heavy atom. The Balaban J connectivity index is 1.96. The second-order valence-corrected chi connectivity index (χ2v) is 8.37. The van der Waals surface area contributed by atoms with Gasteiger partial charge in [0.2, 0.25) is 0 Å². The lowest BCUT2D eigenvalue weighted by molar-refractivity contribution is 0.0601. The van der Waals surface area contributed by atoms with Crippen LogP contribution in [0.25, 0.3) is 0 Å². The number of amides is 2. The van der Waals surface area contributed by atoms with E-state index in [-0.39, 0.29) is 16.5 Å². The molecule has 8 heteroatoms. The molecule has 0 fully saturated rings. The number of nitrogens with one attached hydrogen (secondary N) is 2. The summed E-state index contributed by atoms with van der Waals surface area (Å²) < 4.78 is 4.88. The third kappa shape index (κ3) is 4.78. The van der Waals surface area contributed by atoms with Crippen molar-refractivity contribution in [3.63, 3.8) is 0 Å². The van der Waals surface area contributed by atoms with Gasteiger partial charge in [-0.2, -0.15) is 0 Å². The van der Waals surface area contributed by atoms with Gasteiger partial charge in [-0.3, -0.25) is 9.59 Å². The fraction of sp³-hybridized carbons (Fsp3) is 0.174. The fourth-order valence-electron chi connectivity index (χ4n) is 3.05. The Kier molecular flexibility index (Phi) is 6.77. The first-order valence-corrected chi connectivity index (χ1v) is 10.6. The molecule has 3 rings (SSSR count). The standard InChI is InChI=1S/C23H21ClN2O4S/c1-12-7-5-8-15(11-12)20(27)26-22-18(23(29)30-4)14(3)19(31-22)21(28)25-17-10-6-9-16(24)13(17)2/h5-11H,1-4H3,(H,25,28)(H,26,27). The Labute approximate surface area is 189 Å². The predicted molar refractivity (Wildman–Crippen MR) is 124 cm³/mol. The van der Waals surface area contributed by atoms with Crippen LogP contribution in [-0.2, 0) is 4.74 Å². The molecule has 1 aromatic heterocycles. The van der Waals surface area contributed by atoms with Crippen LogP contribution in [0.2, 0.25) is 5.02 Å². The smallest absolute Gasteiger partial charge is 0.341 e. The SMILES string of the molecule is COC(=O)c1c(NC(=O)c2cccc(C)c2)sc(C(=O)Nc2cccc(Cl)c2C)c1C. The molecule has 0 spiro atoms. The minimum Gasteiger partial charge on any atom is -0.465 e. The summed E-state index contributed by atoms with van der Waals surface area (Å²) >= 11 is 7.15. The van der Waals surface area contributed by atoms with Crippen LogP contribution in [0.5, 0.6) is 0 Å². The third-order valence-electron chi connectivity index (χ3n) is 4.77. The van der Waals surface area contributed by atoms with E-state index < -0.39 is 11.9 Å². The highest BCUT2D eigenvalue weighted by molar-refractivity contribution is 7.19. The van der Waals surface area contributed by atoms with E-state index in [1.807, 2.05) is 13.0 Å². The molecule has 160 valence electrons. The molecule has 0 saturated carbocycles. The van der Waals surface area contributed by atoms with Gasteiger partial charge in [-0.25, -0.2) is 4.79 Å². The topological polar surface area (TPSA) is 84.5 Å². The van der Waals surface area contributed by atoms with Crippen LogP contribution in [0.4, 0.5) is 10.7 Å². The molecule has 0 unspecified atom stereocenters. The van der Waals surface area contributed by atoms with Crippen LogP contribution < -0.4 is 10.6 Å². The number of benzene rings is 2. The molecule has 0 bridgehead atoms. The normalized spacial score (nSPS) is 10.5. The van der Waals surface area contributed by atoms with Gasteiger partial charge in [0.15, 0.2) is 0 Å². The lowest BCUT2D eigenvalue weighted by atomic mass is 10.1. The van der Waals surface area contributed by atoms with Crippen molar-refractivity contribution in [2.45, 2.75) is 20.8 Å². The number of anilines is 2. The van der Waals surface area contributed by atoms with Crippen molar-refractivity contribution in [1.29, 1.82) is 0 Å². The summed E-state index contributed by atoms with van der Waals surface area (Å²) in [6, 6.07) is 12.3. The van der Waals surface area contributed by atoms with E-state index in [0.717, 1.165) is 22.5 Å². The number of halogens is 1. The molecule has 0 atom stereocenters. The molecule has 1 heterocycles. The number of esters is 1. The number of thiophene rings is 1. The number of carbonyl (C=O) groups is 3. The van der Waals surface area contributed by atoms with Crippen molar-refractivity contribution >= 4 is 51.4 Å². The molecule has 2 amide bonds. The van der Waals surface area contributed by atoms with E-state index in [1.165, 1.54) is 7.11 Å². The molecule has 0 aliphatic rings. The largest absolute Gasteiger partial charge is 0.465 e. The van der Waals surface area contributed by atoms with Gasteiger partial charge in [0, 0.05) is 16.3 Å². The van der Waals surface area contributed by atoms with Gasteiger partial charge < -0.3 is 15.4 Å². The van der Waals surface area contributed by atoms with E-state index in [4.69, 9.17) is 16.3 Å². The first kappa shape index (κ1) is 22.5. The molecule has 3 aromatic rings. The van der Waals surface area contributed by atoms with Gasteiger partial charge in [0.1, 0.15) is 5.00 Å². The molecule has 2 N–H and O–H groups in total. The average molecular weight is 457 g/mol. The summed E-state index contributed by atoms with van der Waals surface area (Å²) in [6.07, 6.45) is 0. The molecule has 2 aromatic carbocycles.